The van der Waals surface area contributed by atoms with Crippen molar-refractivity contribution in [2.24, 2.45) is 0 Å². The van der Waals surface area contributed by atoms with E-state index in [-0.39, 0.29) is 0 Å². The first-order valence-electron chi connectivity index (χ1n) is 46.7. The largest absolute Gasteiger partial charge is 0.292 e. The summed E-state index contributed by atoms with van der Waals surface area (Å²) >= 11 is 0. The SMILES string of the molecule is c1cc(-c2ccc3ccc4ccccc4c3n2)cc(-c2ccc3ccc4ccccc4c3n2)c1.c1ccc(-n2c(-c3ccc(-c4ccc5c(-c6ccc7ccccc7c6)c6ccccc6c(-c6ccc7ccccc7c6)c5c4)cc3)nc3ccccc32)cc1.c1ccc2c(c1)ccc1ccc(-c3cc(-c4ccc5ccc6ccccc6c5n4)cc(-c4ccc5ccc6ccccc6c5n4)c3)nc12. The first-order chi connectivity index (χ1) is 67.8. The molecule has 28 rings (SSSR count). The Morgan fingerprint density at radius 2 is 0.423 bits per heavy atom. The van der Waals surface area contributed by atoms with Crippen molar-refractivity contribution in [3.8, 4) is 107 Å². The molecule has 6 heterocycles. The van der Waals surface area contributed by atoms with Crippen molar-refractivity contribution in [2.75, 3.05) is 0 Å². The average Bonchev–Trinajstić information content (AvgIpc) is 1.44. The van der Waals surface area contributed by atoms with Gasteiger partial charge in [-0.05, 0) is 200 Å². The fraction of sp³-hybridized carbons (Fsp3) is 0. The fourth-order valence-electron chi connectivity index (χ4n) is 20.5. The smallest absolute Gasteiger partial charge is 0.145 e. The third kappa shape index (κ3) is 14.5. The van der Waals surface area contributed by atoms with Gasteiger partial charge in [-0.3, -0.25) is 4.57 Å². The molecule has 0 N–H and O–H groups in total. The lowest BCUT2D eigenvalue weighted by Gasteiger charge is -2.19. The summed E-state index contributed by atoms with van der Waals surface area (Å²) in [5.41, 5.74) is 26.6. The highest BCUT2D eigenvalue weighted by atomic mass is 15.1. The van der Waals surface area contributed by atoms with Gasteiger partial charge in [-0.25, -0.2) is 29.9 Å². The highest BCUT2D eigenvalue weighted by molar-refractivity contribution is 6.23. The van der Waals surface area contributed by atoms with Crippen LogP contribution in [-0.4, -0.2) is 34.5 Å². The molecule has 0 aliphatic carbocycles. The molecule has 0 spiro atoms. The van der Waals surface area contributed by atoms with Gasteiger partial charge in [-0.2, -0.15) is 0 Å². The number of fused-ring (bicyclic) bond motifs is 20. The van der Waals surface area contributed by atoms with Gasteiger partial charge >= 0.3 is 0 Å². The van der Waals surface area contributed by atoms with Crippen LogP contribution < -0.4 is 0 Å². The van der Waals surface area contributed by atoms with E-state index in [0.717, 1.165) is 161 Å². The van der Waals surface area contributed by atoms with Crippen LogP contribution in [0.15, 0.2) is 491 Å². The third-order valence-corrected chi connectivity index (χ3v) is 27.4. The van der Waals surface area contributed by atoms with Gasteiger partial charge in [0.25, 0.3) is 0 Å². The molecule has 0 aliphatic heterocycles. The minimum absolute atomic E-state index is 0.916. The van der Waals surface area contributed by atoms with E-state index in [2.05, 4.69) is 496 Å². The van der Waals surface area contributed by atoms with Crippen molar-refractivity contribution in [1.82, 2.24) is 34.5 Å². The van der Waals surface area contributed by atoms with Gasteiger partial charge < -0.3 is 0 Å². The van der Waals surface area contributed by atoms with Crippen LogP contribution in [0.4, 0.5) is 0 Å². The summed E-state index contributed by atoms with van der Waals surface area (Å²) in [5, 5.41) is 27.4. The summed E-state index contributed by atoms with van der Waals surface area (Å²) in [7, 11) is 0. The number of benzene rings is 22. The monoisotopic (exact) mass is 1740 g/mol. The van der Waals surface area contributed by atoms with E-state index in [1.165, 1.54) is 109 Å². The maximum Gasteiger partial charge on any atom is 0.145 e. The molecule has 0 atom stereocenters. The van der Waals surface area contributed by atoms with Crippen molar-refractivity contribution < 1.29 is 0 Å². The molecule has 6 aromatic heterocycles. The Kier molecular flexibility index (Phi) is 19.5. The summed E-state index contributed by atoms with van der Waals surface area (Å²) in [6, 6.07) is 175. The first kappa shape index (κ1) is 79.6. The Hall–Kier alpha value is -18.3. The number of hydrogen-bond donors (Lipinski definition) is 0. The third-order valence-electron chi connectivity index (χ3n) is 27.4. The predicted molar refractivity (Wildman–Crippen MR) is 577 cm³/mol. The van der Waals surface area contributed by atoms with E-state index < -0.39 is 0 Å². The molecular formula is C130H81N7. The summed E-state index contributed by atoms with van der Waals surface area (Å²) in [6.07, 6.45) is 0. The Morgan fingerprint density at radius 1 is 0.139 bits per heavy atom. The van der Waals surface area contributed by atoms with Crippen LogP contribution in [0, 0.1) is 0 Å². The number of pyridine rings is 5. The molecule has 0 saturated carbocycles. The minimum Gasteiger partial charge on any atom is -0.292 e. The second-order valence-corrected chi connectivity index (χ2v) is 35.5. The zero-order valence-electron chi connectivity index (χ0n) is 74.4. The quantitative estimate of drug-likeness (QED) is 0.100. The van der Waals surface area contributed by atoms with Crippen molar-refractivity contribution in [3.05, 3.63) is 491 Å². The molecule has 28 aromatic rings. The Balaban J connectivity index is 0.000000109. The van der Waals surface area contributed by atoms with Gasteiger partial charge in [0.15, 0.2) is 0 Å². The van der Waals surface area contributed by atoms with Gasteiger partial charge in [0.05, 0.1) is 67.1 Å². The summed E-state index contributed by atoms with van der Waals surface area (Å²) in [4.78, 5) is 31.1. The van der Waals surface area contributed by atoms with Crippen LogP contribution >= 0.6 is 0 Å². The average molecular weight is 1740 g/mol. The number of rotatable bonds is 10. The first-order valence-corrected chi connectivity index (χ1v) is 46.7. The second kappa shape index (κ2) is 33.5. The van der Waals surface area contributed by atoms with E-state index in [1.54, 1.807) is 0 Å². The number of hydrogen-bond acceptors (Lipinski definition) is 6. The van der Waals surface area contributed by atoms with Crippen LogP contribution in [0.2, 0.25) is 0 Å². The Labute approximate surface area is 789 Å². The molecule has 7 nitrogen and oxygen atoms in total. The molecule has 0 unspecified atom stereocenters. The lowest BCUT2D eigenvalue weighted by atomic mass is 9.84. The molecule has 0 aliphatic rings. The van der Waals surface area contributed by atoms with Crippen LogP contribution in [-0.2, 0) is 0 Å². The zero-order valence-corrected chi connectivity index (χ0v) is 74.4. The Morgan fingerprint density at radius 3 is 0.832 bits per heavy atom. The van der Waals surface area contributed by atoms with Crippen molar-refractivity contribution >= 4 is 163 Å². The summed E-state index contributed by atoms with van der Waals surface area (Å²) < 4.78 is 2.26. The van der Waals surface area contributed by atoms with Crippen LogP contribution in [0.25, 0.3) is 269 Å². The zero-order chi connectivity index (χ0) is 90.4. The van der Waals surface area contributed by atoms with Crippen molar-refractivity contribution in [2.45, 2.75) is 0 Å². The minimum atomic E-state index is 0.916. The standard InChI is InChI=1S/C53H34N2.C45H27N3.C32H20N2/c1-2-16-44(17-3-1)55-50-21-11-10-20-49(50)54-53(55)38-26-22-37(23-27-38)41-30-31-47-48(34-41)52(43-29-25-36-13-5-7-15-40(36)33-43)46-19-9-8-18-45(46)51(47)42-28-24-35-12-4-6-14-39(35)32-42;1-4-10-37-28(7-1)13-16-31-19-22-40(46-43(31)37)34-25-35(41-23-20-32-17-14-29-8-2-5-11-38(29)44(32)47-41)27-36(26-34)42-24-21-33-18-15-30-9-3-6-12-39(30)45(33)48-42;1-3-10-27-21(6-1)12-14-23-16-18-29(33-31(23)27)25-8-5-9-26(20-25)30-19-17-24-15-13-22-7-2-4-11-28(22)32(24)34-30/h1-34H;1-27H;1-20H. The van der Waals surface area contributed by atoms with E-state index in [9.17, 15) is 0 Å². The van der Waals surface area contributed by atoms with Crippen LogP contribution in [0.3, 0.4) is 0 Å². The van der Waals surface area contributed by atoms with E-state index >= 15 is 0 Å². The molecule has 0 fully saturated rings. The molecule has 22 aromatic carbocycles. The molecule has 0 radical (unpaired) electrons. The molecular weight excluding hydrogens is 1660 g/mol. The lowest BCUT2D eigenvalue weighted by Crippen LogP contribution is -1.97. The van der Waals surface area contributed by atoms with E-state index in [0.29, 0.717) is 0 Å². The molecule has 636 valence electrons. The fourth-order valence-corrected chi connectivity index (χ4v) is 20.5. The number of imidazole rings is 1. The normalized spacial score (nSPS) is 11.6. The van der Waals surface area contributed by atoms with Crippen LogP contribution in [0.1, 0.15) is 0 Å². The maximum atomic E-state index is 5.28. The topological polar surface area (TPSA) is 82.3 Å². The summed E-state index contributed by atoms with van der Waals surface area (Å²) in [5.74, 6) is 0.933. The van der Waals surface area contributed by atoms with Gasteiger partial charge in [-0.1, -0.05) is 394 Å². The molecule has 0 bridgehead atoms. The second-order valence-electron chi connectivity index (χ2n) is 35.5. The van der Waals surface area contributed by atoms with E-state index in [1.807, 2.05) is 0 Å². The lowest BCUT2D eigenvalue weighted by molar-refractivity contribution is 1.10. The molecule has 7 heteroatoms. The number of para-hydroxylation sites is 3. The van der Waals surface area contributed by atoms with Crippen molar-refractivity contribution in [3.63, 3.8) is 0 Å². The summed E-state index contributed by atoms with van der Waals surface area (Å²) in [6.45, 7) is 0. The van der Waals surface area contributed by atoms with Crippen molar-refractivity contribution in [1.29, 1.82) is 0 Å². The molecule has 137 heavy (non-hydrogen) atoms. The number of aromatic nitrogens is 7. The van der Waals surface area contributed by atoms with Gasteiger partial charge in [-0.15, -0.1) is 0 Å². The highest BCUT2D eigenvalue weighted by Crippen LogP contribution is 2.48. The van der Waals surface area contributed by atoms with Gasteiger partial charge in [0.2, 0.25) is 0 Å². The highest BCUT2D eigenvalue weighted by Gasteiger charge is 2.23. The Bertz CT molecular complexity index is 9300. The number of nitrogens with zero attached hydrogens (tertiary/aromatic N) is 7. The van der Waals surface area contributed by atoms with Crippen LogP contribution in [0.5, 0.6) is 0 Å². The molecule has 0 amide bonds. The van der Waals surface area contributed by atoms with E-state index in [4.69, 9.17) is 29.9 Å². The molecule has 0 saturated heterocycles. The maximum absolute atomic E-state index is 5.28. The van der Waals surface area contributed by atoms with Gasteiger partial charge in [0, 0.05) is 92.9 Å². The predicted octanol–water partition coefficient (Wildman–Crippen LogP) is 34.5. The van der Waals surface area contributed by atoms with Gasteiger partial charge in [0.1, 0.15) is 5.82 Å².